The van der Waals surface area contributed by atoms with Crippen molar-refractivity contribution in [1.29, 1.82) is 0 Å². The van der Waals surface area contributed by atoms with Crippen molar-refractivity contribution in [3.05, 3.63) is 23.8 Å². The SMILES string of the molecule is CCNC1CC(C)(C)Oc2cc(OC)ccc21. The molecule has 2 rings (SSSR count). The Balaban J connectivity index is 2.37. The van der Waals surface area contributed by atoms with E-state index in [2.05, 4.69) is 32.2 Å². The van der Waals surface area contributed by atoms with Crippen LogP contribution in [0.15, 0.2) is 18.2 Å². The van der Waals surface area contributed by atoms with Crippen molar-refractivity contribution >= 4 is 0 Å². The van der Waals surface area contributed by atoms with Gasteiger partial charge in [0.25, 0.3) is 0 Å². The van der Waals surface area contributed by atoms with Crippen LogP contribution in [0.5, 0.6) is 11.5 Å². The van der Waals surface area contributed by atoms with Crippen LogP contribution in [0.4, 0.5) is 0 Å². The molecular formula is C14H21NO2. The lowest BCUT2D eigenvalue weighted by Crippen LogP contribution is -2.39. The Bertz CT molecular complexity index is 401. The van der Waals surface area contributed by atoms with Gasteiger partial charge in [0.1, 0.15) is 17.1 Å². The molecule has 0 amide bonds. The molecule has 0 bridgehead atoms. The molecule has 0 spiro atoms. The molecule has 1 atom stereocenters. The highest BCUT2D eigenvalue weighted by Gasteiger charge is 2.33. The topological polar surface area (TPSA) is 30.5 Å². The second kappa shape index (κ2) is 4.57. The van der Waals surface area contributed by atoms with Crippen molar-refractivity contribution < 1.29 is 9.47 Å². The average molecular weight is 235 g/mol. The summed E-state index contributed by atoms with van der Waals surface area (Å²) in [6, 6.07) is 6.42. The lowest BCUT2D eigenvalue weighted by Gasteiger charge is -2.38. The highest BCUT2D eigenvalue weighted by molar-refractivity contribution is 5.44. The Hall–Kier alpha value is -1.22. The monoisotopic (exact) mass is 235 g/mol. The normalized spacial score (nSPS) is 21.5. The van der Waals surface area contributed by atoms with E-state index in [1.165, 1.54) is 5.56 Å². The molecule has 1 aliphatic heterocycles. The first kappa shape index (κ1) is 12.2. The molecule has 3 nitrogen and oxygen atoms in total. The number of ether oxygens (including phenoxy) is 2. The van der Waals surface area contributed by atoms with E-state index in [9.17, 15) is 0 Å². The smallest absolute Gasteiger partial charge is 0.128 e. The molecule has 1 aromatic rings. The van der Waals surface area contributed by atoms with Gasteiger partial charge in [-0.15, -0.1) is 0 Å². The van der Waals surface area contributed by atoms with E-state index in [0.29, 0.717) is 6.04 Å². The molecule has 1 N–H and O–H groups in total. The Morgan fingerprint density at radius 3 is 2.88 bits per heavy atom. The maximum absolute atomic E-state index is 6.02. The fourth-order valence-corrected chi connectivity index (χ4v) is 2.39. The number of methoxy groups -OCH3 is 1. The third-order valence-electron chi connectivity index (χ3n) is 3.13. The number of nitrogens with one attached hydrogen (secondary N) is 1. The molecule has 1 heterocycles. The highest BCUT2D eigenvalue weighted by atomic mass is 16.5. The zero-order chi connectivity index (χ0) is 12.5. The lowest BCUT2D eigenvalue weighted by molar-refractivity contribution is 0.0661. The molecule has 0 fully saturated rings. The summed E-state index contributed by atoms with van der Waals surface area (Å²) in [5.41, 5.74) is 1.10. The minimum atomic E-state index is -0.133. The molecule has 0 radical (unpaired) electrons. The number of fused-ring (bicyclic) bond motifs is 1. The predicted octanol–water partition coefficient (Wildman–Crippen LogP) is 2.91. The summed E-state index contributed by atoms with van der Waals surface area (Å²) in [7, 11) is 1.68. The van der Waals surface area contributed by atoms with Crippen molar-refractivity contribution in [1.82, 2.24) is 5.32 Å². The second-order valence-electron chi connectivity index (χ2n) is 5.08. The summed E-state index contributed by atoms with van der Waals surface area (Å²) in [6.45, 7) is 7.34. The molecular weight excluding hydrogens is 214 g/mol. The molecule has 0 saturated heterocycles. The minimum Gasteiger partial charge on any atom is -0.497 e. The van der Waals surface area contributed by atoms with Crippen LogP contribution in [0.2, 0.25) is 0 Å². The molecule has 17 heavy (non-hydrogen) atoms. The van der Waals surface area contributed by atoms with Gasteiger partial charge in [-0.3, -0.25) is 0 Å². The number of rotatable bonds is 3. The van der Waals surface area contributed by atoms with E-state index in [1.54, 1.807) is 7.11 Å². The number of hydrogen-bond acceptors (Lipinski definition) is 3. The van der Waals surface area contributed by atoms with Crippen LogP contribution in [-0.4, -0.2) is 19.3 Å². The zero-order valence-corrected chi connectivity index (χ0v) is 11.0. The molecule has 3 heteroatoms. The maximum atomic E-state index is 6.02. The lowest BCUT2D eigenvalue weighted by atomic mass is 9.89. The molecule has 1 aliphatic rings. The first-order valence-electron chi connectivity index (χ1n) is 6.16. The predicted molar refractivity (Wildman–Crippen MR) is 68.7 cm³/mol. The number of benzene rings is 1. The van der Waals surface area contributed by atoms with Gasteiger partial charge in [0.15, 0.2) is 0 Å². The zero-order valence-electron chi connectivity index (χ0n) is 11.0. The van der Waals surface area contributed by atoms with Crippen LogP contribution in [0.3, 0.4) is 0 Å². The third-order valence-corrected chi connectivity index (χ3v) is 3.13. The Morgan fingerprint density at radius 2 is 2.24 bits per heavy atom. The van der Waals surface area contributed by atoms with Gasteiger partial charge in [-0.1, -0.05) is 13.0 Å². The summed E-state index contributed by atoms with van der Waals surface area (Å²) in [6.07, 6.45) is 0.986. The van der Waals surface area contributed by atoms with Crippen LogP contribution in [0.1, 0.15) is 38.8 Å². The molecule has 0 saturated carbocycles. The second-order valence-corrected chi connectivity index (χ2v) is 5.08. The standard InChI is InChI=1S/C14H21NO2/c1-5-15-12-9-14(2,3)17-13-8-10(16-4)6-7-11(12)13/h6-8,12,15H,5,9H2,1-4H3. The first-order chi connectivity index (χ1) is 8.05. The summed E-state index contributed by atoms with van der Waals surface area (Å²) >= 11 is 0. The van der Waals surface area contributed by atoms with Crippen LogP contribution in [0, 0.1) is 0 Å². The molecule has 94 valence electrons. The van der Waals surface area contributed by atoms with Crippen molar-refractivity contribution in [3.8, 4) is 11.5 Å². The number of hydrogen-bond donors (Lipinski definition) is 1. The van der Waals surface area contributed by atoms with Crippen LogP contribution < -0.4 is 14.8 Å². The van der Waals surface area contributed by atoms with Gasteiger partial charge in [0, 0.05) is 24.1 Å². The Labute approximate surface area is 103 Å². The summed E-state index contributed by atoms with van der Waals surface area (Å²) in [4.78, 5) is 0. The van der Waals surface area contributed by atoms with Crippen molar-refractivity contribution in [2.75, 3.05) is 13.7 Å². The van der Waals surface area contributed by atoms with Gasteiger partial charge in [0.2, 0.25) is 0 Å². The van der Waals surface area contributed by atoms with Gasteiger partial charge in [-0.25, -0.2) is 0 Å². The third kappa shape index (κ3) is 2.55. The van der Waals surface area contributed by atoms with Crippen molar-refractivity contribution in [3.63, 3.8) is 0 Å². The van der Waals surface area contributed by atoms with Gasteiger partial charge in [-0.2, -0.15) is 0 Å². The molecule has 1 aromatic carbocycles. The van der Waals surface area contributed by atoms with E-state index in [0.717, 1.165) is 24.5 Å². The van der Waals surface area contributed by atoms with Gasteiger partial charge >= 0.3 is 0 Å². The van der Waals surface area contributed by atoms with Crippen LogP contribution >= 0.6 is 0 Å². The summed E-state index contributed by atoms with van der Waals surface area (Å²) in [5, 5.41) is 3.51. The Morgan fingerprint density at radius 1 is 1.47 bits per heavy atom. The Kier molecular flexibility index (Phi) is 3.29. The van der Waals surface area contributed by atoms with E-state index in [4.69, 9.17) is 9.47 Å². The molecule has 1 unspecified atom stereocenters. The van der Waals surface area contributed by atoms with Gasteiger partial charge in [0.05, 0.1) is 7.11 Å². The quantitative estimate of drug-likeness (QED) is 0.873. The van der Waals surface area contributed by atoms with Crippen LogP contribution in [-0.2, 0) is 0 Å². The van der Waals surface area contributed by atoms with Crippen molar-refractivity contribution in [2.24, 2.45) is 0 Å². The molecule has 0 aliphatic carbocycles. The van der Waals surface area contributed by atoms with E-state index < -0.39 is 0 Å². The van der Waals surface area contributed by atoms with Crippen LogP contribution in [0.25, 0.3) is 0 Å². The van der Waals surface area contributed by atoms with E-state index in [1.807, 2.05) is 12.1 Å². The van der Waals surface area contributed by atoms with Gasteiger partial charge in [-0.05, 0) is 26.5 Å². The summed E-state index contributed by atoms with van der Waals surface area (Å²) < 4.78 is 11.3. The summed E-state index contributed by atoms with van der Waals surface area (Å²) in [5.74, 6) is 1.78. The van der Waals surface area contributed by atoms with Crippen molar-refractivity contribution in [2.45, 2.75) is 38.8 Å². The average Bonchev–Trinajstić information content (AvgIpc) is 2.27. The first-order valence-corrected chi connectivity index (χ1v) is 6.16. The fraction of sp³-hybridized carbons (Fsp3) is 0.571. The molecule has 0 aromatic heterocycles. The maximum Gasteiger partial charge on any atom is 0.128 e. The fourth-order valence-electron chi connectivity index (χ4n) is 2.39. The minimum absolute atomic E-state index is 0.133. The van der Waals surface area contributed by atoms with E-state index in [-0.39, 0.29) is 5.60 Å². The highest BCUT2D eigenvalue weighted by Crippen LogP contribution is 2.40. The van der Waals surface area contributed by atoms with Gasteiger partial charge < -0.3 is 14.8 Å². The van der Waals surface area contributed by atoms with E-state index >= 15 is 0 Å². The largest absolute Gasteiger partial charge is 0.497 e.